The van der Waals surface area contributed by atoms with Crippen LogP contribution in [-0.2, 0) is 22.5 Å². The number of fused-ring (bicyclic) bond motifs is 2. The van der Waals surface area contributed by atoms with Crippen LogP contribution in [0.3, 0.4) is 0 Å². The molecule has 2 aromatic heterocycles. The minimum absolute atomic E-state index is 0.101. The molecule has 30 heavy (non-hydrogen) atoms. The number of primary amides is 1. The van der Waals surface area contributed by atoms with E-state index in [1.807, 2.05) is 6.92 Å². The third-order valence-electron chi connectivity index (χ3n) is 4.64. The van der Waals surface area contributed by atoms with Crippen LogP contribution in [0.2, 0.25) is 0 Å². The average Bonchev–Trinajstić information content (AvgIpc) is 3.31. The molecule has 1 aromatic carbocycles. The van der Waals surface area contributed by atoms with Crippen molar-refractivity contribution in [3.8, 4) is 10.7 Å². The monoisotopic (exact) mass is 432 g/mol. The summed E-state index contributed by atoms with van der Waals surface area (Å²) in [5.41, 5.74) is 7.63. The highest BCUT2D eigenvalue weighted by molar-refractivity contribution is 7.15. The summed E-state index contributed by atoms with van der Waals surface area (Å²) in [6.45, 7) is 4.91. The SMILES string of the molecule is CCCOCC=O.CN1CCc2sc(-c3nc4c(C(N)=O)cc(F)cc4[nH]3)cc2C1. The minimum Gasteiger partial charge on any atom is -0.374 e. The number of hydrogen-bond acceptors (Lipinski definition) is 6. The van der Waals surface area contributed by atoms with Gasteiger partial charge in [-0.1, -0.05) is 6.92 Å². The van der Waals surface area contributed by atoms with E-state index in [1.54, 1.807) is 11.3 Å². The molecule has 0 radical (unpaired) electrons. The number of imidazole rings is 1. The summed E-state index contributed by atoms with van der Waals surface area (Å²) >= 11 is 1.69. The molecule has 3 aromatic rings. The van der Waals surface area contributed by atoms with E-state index in [0.717, 1.165) is 43.2 Å². The molecule has 4 rings (SSSR count). The first-order chi connectivity index (χ1) is 14.4. The number of nitrogens with zero attached hydrogens (tertiary/aromatic N) is 2. The first-order valence-corrected chi connectivity index (χ1v) is 10.6. The number of H-pyrrole nitrogens is 1. The number of hydrogen-bond donors (Lipinski definition) is 2. The molecule has 160 valence electrons. The number of carbonyl (C=O) groups is 2. The molecule has 0 saturated heterocycles. The minimum atomic E-state index is -0.681. The Hall–Kier alpha value is -2.62. The van der Waals surface area contributed by atoms with Crippen molar-refractivity contribution >= 4 is 34.6 Å². The van der Waals surface area contributed by atoms with Crippen LogP contribution >= 0.6 is 11.3 Å². The summed E-state index contributed by atoms with van der Waals surface area (Å²) in [5, 5.41) is 0. The van der Waals surface area contributed by atoms with Crippen LogP contribution in [0.25, 0.3) is 21.7 Å². The Morgan fingerprint density at radius 3 is 2.93 bits per heavy atom. The first-order valence-electron chi connectivity index (χ1n) is 9.73. The number of thiophene rings is 1. The molecule has 3 N–H and O–H groups in total. The van der Waals surface area contributed by atoms with Crippen LogP contribution in [0.4, 0.5) is 4.39 Å². The maximum absolute atomic E-state index is 13.6. The Morgan fingerprint density at radius 2 is 2.23 bits per heavy atom. The Kier molecular flexibility index (Phi) is 7.30. The standard InChI is InChI=1S/C16H15FN4OS.C5H10O2/c1-21-3-2-12-8(7-21)4-13(23-12)16-19-11-6-9(17)5-10(15(18)22)14(11)20-16;1-2-4-7-5-3-6/h4-6H,2-3,7H2,1H3,(H2,18,22)(H,19,20);3H,2,4-5H2,1H3. The molecule has 1 aliphatic rings. The number of nitrogens with two attached hydrogens (primary N) is 1. The normalized spacial score (nSPS) is 13.6. The van der Waals surface area contributed by atoms with Gasteiger partial charge in [-0.05, 0) is 43.7 Å². The number of likely N-dealkylation sites (N-methyl/N-ethyl adjacent to an activating group) is 1. The van der Waals surface area contributed by atoms with Gasteiger partial charge in [0.1, 0.15) is 30.1 Å². The van der Waals surface area contributed by atoms with Crippen LogP contribution in [0.5, 0.6) is 0 Å². The first kappa shape index (κ1) is 22.1. The molecule has 1 aliphatic heterocycles. The predicted molar refractivity (Wildman–Crippen MR) is 115 cm³/mol. The Bertz CT molecular complexity index is 1050. The van der Waals surface area contributed by atoms with Crippen molar-refractivity contribution in [1.82, 2.24) is 14.9 Å². The van der Waals surface area contributed by atoms with Crippen molar-refractivity contribution in [2.45, 2.75) is 26.3 Å². The molecule has 0 unspecified atom stereocenters. The van der Waals surface area contributed by atoms with Gasteiger partial charge in [0.15, 0.2) is 0 Å². The topological polar surface area (TPSA) is 101 Å². The van der Waals surface area contributed by atoms with Crippen LogP contribution < -0.4 is 5.73 Å². The molecule has 9 heteroatoms. The molecule has 0 spiro atoms. The van der Waals surface area contributed by atoms with Crippen molar-refractivity contribution < 1.29 is 18.7 Å². The van der Waals surface area contributed by atoms with Crippen molar-refractivity contribution in [1.29, 1.82) is 0 Å². The summed E-state index contributed by atoms with van der Waals surface area (Å²) in [4.78, 5) is 33.3. The summed E-state index contributed by atoms with van der Waals surface area (Å²) in [7, 11) is 2.10. The lowest BCUT2D eigenvalue weighted by Gasteiger charge is -2.21. The Morgan fingerprint density at radius 1 is 1.43 bits per heavy atom. The van der Waals surface area contributed by atoms with Gasteiger partial charge < -0.3 is 25.1 Å². The molecule has 0 fully saturated rings. The number of ether oxygens (including phenoxy) is 1. The van der Waals surface area contributed by atoms with E-state index in [0.29, 0.717) is 23.5 Å². The number of aldehydes is 1. The summed E-state index contributed by atoms with van der Waals surface area (Å²) in [6, 6.07) is 4.58. The molecule has 1 amide bonds. The van der Waals surface area contributed by atoms with Gasteiger partial charge >= 0.3 is 0 Å². The van der Waals surface area contributed by atoms with E-state index in [1.165, 1.54) is 16.5 Å². The second-order valence-corrected chi connectivity index (χ2v) is 8.22. The maximum atomic E-state index is 13.6. The van der Waals surface area contributed by atoms with E-state index in [9.17, 15) is 14.0 Å². The van der Waals surface area contributed by atoms with Gasteiger partial charge in [0, 0.05) is 24.6 Å². The van der Waals surface area contributed by atoms with Crippen molar-refractivity contribution in [3.05, 3.63) is 40.0 Å². The van der Waals surface area contributed by atoms with Gasteiger partial charge in [-0.15, -0.1) is 11.3 Å². The number of carbonyl (C=O) groups excluding carboxylic acids is 2. The summed E-state index contributed by atoms with van der Waals surface area (Å²) in [6.07, 6.45) is 2.77. The number of aromatic nitrogens is 2. The lowest BCUT2D eigenvalue weighted by molar-refractivity contribution is -0.111. The maximum Gasteiger partial charge on any atom is 0.251 e. The lowest BCUT2D eigenvalue weighted by atomic mass is 10.1. The summed E-state index contributed by atoms with van der Waals surface area (Å²) in [5.74, 6) is -0.539. The fraction of sp³-hybridized carbons (Fsp3) is 0.381. The number of benzene rings is 1. The molecular formula is C21H25FN4O3S. The van der Waals surface area contributed by atoms with Gasteiger partial charge in [0.25, 0.3) is 5.91 Å². The van der Waals surface area contributed by atoms with Gasteiger partial charge in [0.05, 0.1) is 16.0 Å². The van der Waals surface area contributed by atoms with Gasteiger partial charge in [-0.2, -0.15) is 0 Å². The predicted octanol–water partition coefficient (Wildman–Crippen LogP) is 3.13. The zero-order valence-electron chi connectivity index (χ0n) is 17.0. The van der Waals surface area contributed by atoms with E-state index in [2.05, 4.69) is 28.0 Å². The van der Waals surface area contributed by atoms with E-state index < -0.39 is 11.7 Å². The van der Waals surface area contributed by atoms with Crippen LogP contribution in [0, 0.1) is 5.82 Å². The van der Waals surface area contributed by atoms with Crippen molar-refractivity contribution in [3.63, 3.8) is 0 Å². The highest BCUT2D eigenvalue weighted by Gasteiger charge is 2.20. The third-order valence-corrected chi connectivity index (χ3v) is 5.89. The lowest BCUT2D eigenvalue weighted by Crippen LogP contribution is -2.25. The quantitative estimate of drug-likeness (QED) is 0.460. The molecule has 0 bridgehead atoms. The Labute approximate surface area is 178 Å². The van der Waals surface area contributed by atoms with Crippen LogP contribution in [-0.4, -0.2) is 53.9 Å². The largest absolute Gasteiger partial charge is 0.374 e. The highest BCUT2D eigenvalue weighted by Crippen LogP contribution is 2.34. The molecule has 0 atom stereocenters. The average molecular weight is 433 g/mol. The summed E-state index contributed by atoms with van der Waals surface area (Å²) < 4.78 is 18.4. The fourth-order valence-electron chi connectivity index (χ4n) is 3.25. The van der Waals surface area contributed by atoms with E-state index >= 15 is 0 Å². The third kappa shape index (κ3) is 5.10. The van der Waals surface area contributed by atoms with E-state index in [4.69, 9.17) is 10.5 Å². The molecule has 3 heterocycles. The Balaban J connectivity index is 0.000000318. The number of rotatable bonds is 6. The van der Waals surface area contributed by atoms with Crippen molar-refractivity contribution in [2.75, 3.05) is 26.8 Å². The molecule has 0 saturated carbocycles. The number of nitrogens with one attached hydrogen (secondary N) is 1. The fourth-order valence-corrected chi connectivity index (χ4v) is 4.36. The zero-order valence-corrected chi connectivity index (χ0v) is 17.9. The second kappa shape index (κ2) is 9.92. The van der Waals surface area contributed by atoms with Gasteiger partial charge in [0.2, 0.25) is 0 Å². The molecule has 7 nitrogen and oxygen atoms in total. The number of amides is 1. The zero-order chi connectivity index (χ0) is 21.7. The van der Waals surface area contributed by atoms with Crippen LogP contribution in [0.15, 0.2) is 18.2 Å². The van der Waals surface area contributed by atoms with Crippen molar-refractivity contribution in [2.24, 2.45) is 5.73 Å². The van der Waals surface area contributed by atoms with Gasteiger partial charge in [-0.25, -0.2) is 9.37 Å². The van der Waals surface area contributed by atoms with E-state index in [-0.39, 0.29) is 12.2 Å². The number of halogens is 1. The van der Waals surface area contributed by atoms with Gasteiger partial charge in [-0.3, -0.25) is 4.79 Å². The molecular weight excluding hydrogens is 407 g/mol. The highest BCUT2D eigenvalue weighted by atomic mass is 32.1. The smallest absolute Gasteiger partial charge is 0.251 e. The second-order valence-electron chi connectivity index (χ2n) is 7.09. The molecule has 0 aliphatic carbocycles. The number of aromatic amines is 1. The van der Waals surface area contributed by atoms with Crippen LogP contribution in [0.1, 0.15) is 34.1 Å².